The van der Waals surface area contributed by atoms with E-state index in [-0.39, 0.29) is 16.9 Å². The molecule has 0 N–H and O–H groups in total. The van der Waals surface area contributed by atoms with Gasteiger partial charge in [0.15, 0.2) is 0 Å². The number of benzene rings is 1. The Balaban J connectivity index is 3.03. The van der Waals surface area contributed by atoms with E-state index in [0.717, 1.165) is 12.0 Å². The van der Waals surface area contributed by atoms with E-state index in [1.54, 1.807) is 0 Å². The largest absolute Gasteiger partial charge is 0.336 e. The van der Waals surface area contributed by atoms with E-state index < -0.39 is 0 Å². The Bertz CT molecular complexity index is 406. The molecule has 0 unspecified atom stereocenters. The van der Waals surface area contributed by atoms with Gasteiger partial charge in [-0.05, 0) is 25.8 Å². The zero-order valence-corrected chi connectivity index (χ0v) is 12.4. The quantitative estimate of drug-likeness (QED) is 0.792. The average Bonchev–Trinajstić information content (AvgIpc) is 2.37. The molecule has 0 aliphatic carbocycles. The Hall–Kier alpha value is -1.31. The first kappa shape index (κ1) is 14.7. The summed E-state index contributed by atoms with van der Waals surface area (Å²) in [6, 6.07) is 10.2. The normalized spacial score (nSPS) is 12.3. The number of carbonyl (C=O) groups is 1. The van der Waals surface area contributed by atoms with Gasteiger partial charge in [-0.1, -0.05) is 51.1 Å². The summed E-state index contributed by atoms with van der Waals surface area (Å²) in [4.78, 5) is 14.4. The maximum Gasteiger partial charge on any atom is 0.228 e. The van der Waals surface area contributed by atoms with Gasteiger partial charge in [0.1, 0.15) is 0 Å². The summed E-state index contributed by atoms with van der Waals surface area (Å²) < 4.78 is 0. The summed E-state index contributed by atoms with van der Waals surface area (Å²) in [5, 5.41) is 0. The zero-order valence-electron chi connectivity index (χ0n) is 12.4. The predicted octanol–water partition coefficient (Wildman–Crippen LogP) is 3.82. The molecule has 0 radical (unpaired) electrons. The van der Waals surface area contributed by atoms with Gasteiger partial charge in [0.2, 0.25) is 5.91 Å². The fraction of sp³-hybridized carbons (Fsp3) is 0.562. The summed E-state index contributed by atoms with van der Waals surface area (Å²) >= 11 is 0. The van der Waals surface area contributed by atoms with Crippen molar-refractivity contribution in [2.75, 3.05) is 7.05 Å². The molecule has 18 heavy (non-hydrogen) atoms. The van der Waals surface area contributed by atoms with Gasteiger partial charge in [0.05, 0.1) is 5.54 Å². The van der Waals surface area contributed by atoms with E-state index >= 15 is 0 Å². The van der Waals surface area contributed by atoms with Crippen LogP contribution >= 0.6 is 0 Å². The number of amides is 1. The number of carbonyl (C=O) groups excluding carboxylic acids is 1. The van der Waals surface area contributed by atoms with Gasteiger partial charge >= 0.3 is 0 Å². The van der Waals surface area contributed by atoms with Crippen LogP contribution in [0.3, 0.4) is 0 Å². The van der Waals surface area contributed by atoms with Crippen molar-refractivity contribution in [1.82, 2.24) is 4.90 Å². The lowest BCUT2D eigenvalue weighted by molar-refractivity contribution is -0.144. The van der Waals surface area contributed by atoms with Crippen LogP contribution in [0.1, 0.15) is 46.6 Å². The van der Waals surface area contributed by atoms with Crippen LogP contribution in [0.4, 0.5) is 0 Å². The third kappa shape index (κ3) is 2.74. The first-order chi connectivity index (χ1) is 8.23. The van der Waals surface area contributed by atoms with Crippen molar-refractivity contribution in [3.63, 3.8) is 0 Å². The number of hydrogen-bond donors (Lipinski definition) is 0. The maximum atomic E-state index is 12.5. The second-order valence-corrected chi connectivity index (χ2v) is 6.03. The van der Waals surface area contributed by atoms with Gasteiger partial charge in [0.25, 0.3) is 0 Å². The third-order valence-electron chi connectivity index (χ3n) is 4.09. The lowest BCUT2D eigenvalue weighted by Crippen LogP contribution is -2.48. The van der Waals surface area contributed by atoms with Crippen molar-refractivity contribution in [2.24, 2.45) is 5.41 Å². The molecule has 1 aromatic carbocycles. The van der Waals surface area contributed by atoms with Crippen LogP contribution in [-0.2, 0) is 10.3 Å². The van der Waals surface area contributed by atoms with Crippen LogP contribution in [0.5, 0.6) is 0 Å². The molecule has 0 aromatic heterocycles. The summed E-state index contributed by atoms with van der Waals surface area (Å²) in [7, 11) is 1.90. The summed E-state index contributed by atoms with van der Waals surface area (Å²) in [5.41, 5.74) is 0.568. The first-order valence-electron chi connectivity index (χ1n) is 6.57. The first-order valence-corrected chi connectivity index (χ1v) is 6.57. The smallest absolute Gasteiger partial charge is 0.228 e. The molecule has 0 saturated heterocycles. The molecule has 0 aliphatic heterocycles. The molecule has 1 aromatic rings. The molecule has 0 bridgehead atoms. The summed E-state index contributed by atoms with van der Waals surface area (Å²) in [5.74, 6) is 0.193. The fourth-order valence-corrected chi connectivity index (χ4v) is 1.90. The van der Waals surface area contributed by atoms with E-state index in [1.165, 1.54) is 0 Å². The predicted molar refractivity (Wildman–Crippen MR) is 76.3 cm³/mol. The van der Waals surface area contributed by atoms with Gasteiger partial charge in [-0.15, -0.1) is 0 Å². The van der Waals surface area contributed by atoms with Gasteiger partial charge in [0, 0.05) is 12.5 Å². The topological polar surface area (TPSA) is 20.3 Å². The lowest BCUT2D eigenvalue weighted by Gasteiger charge is -2.40. The van der Waals surface area contributed by atoms with Crippen LogP contribution in [-0.4, -0.2) is 17.9 Å². The van der Waals surface area contributed by atoms with Gasteiger partial charge in [-0.3, -0.25) is 4.79 Å². The molecule has 100 valence electrons. The SMILES string of the molecule is CCC(C)(C)C(=O)N(C)C(C)(C)c1ccccc1. The highest BCUT2D eigenvalue weighted by molar-refractivity contribution is 5.82. The van der Waals surface area contributed by atoms with E-state index in [1.807, 2.05) is 44.0 Å². The number of hydrogen-bond acceptors (Lipinski definition) is 1. The van der Waals surface area contributed by atoms with Crippen molar-refractivity contribution in [3.8, 4) is 0 Å². The van der Waals surface area contributed by atoms with Crippen LogP contribution < -0.4 is 0 Å². The van der Waals surface area contributed by atoms with Crippen LogP contribution in [0.25, 0.3) is 0 Å². The number of nitrogens with zero attached hydrogens (tertiary/aromatic N) is 1. The Labute approximate surface area is 111 Å². The Morgan fingerprint density at radius 3 is 2.06 bits per heavy atom. The second kappa shape index (κ2) is 5.13. The van der Waals surface area contributed by atoms with Crippen molar-refractivity contribution in [1.29, 1.82) is 0 Å². The Morgan fingerprint density at radius 1 is 1.11 bits per heavy atom. The highest BCUT2D eigenvalue weighted by Crippen LogP contribution is 2.31. The summed E-state index contributed by atoms with van der Waals surface area (Å²) in [6.45, 7) is 10.2. The van der Waals surface area contributed by atoms with Gasteiger partial charge in [-0.2, -0.15) is 0 Å². The molecule has 2 nitrogen and oxygen atoms in total. The highest BCUT2D eigenvalue weighted by atomic mass is 16.2. The van der Waals surface area contributed by atoms with E-state index in [9.17, 15) is 4.79 Å². The minimum Gasteiger partial charge on any atom is -0.336 e. The van der Waals surface area contributed by atoms with E-state index in [0.29, 0.717) is 0 Å². The minimum atomic E-state index is -0.305. The minimum absolute atomic E-state index is 0.193. The molecule has 0 atom stereocenters. The second-order valence-electron chi connectivity index (χ2n) is 6.03. The van der Waals surface area contributed by atoms with Crippen LogP contribution in [0.15, 0.2) is 30.3 Å². The third-order valence-corrected chi connectivity index (χ3v) is 4.09. The van der Waals surface area contributed by atoms with Gasteiger partial charge in [-0.25, -0.2) is 0 Å². The van der Waals surface area contributed by atoms with Crippen molar-refractivity contribution in [3.05, 3.63) is 35.9 Å². The lowest BCUT2D eigenvalue weighted by atomic mass is 9.85. The van der Waals surface area contributed by atoms with E-state index in [4.69, 9.17) is 0 Å². The molecule has 0 saturated carbocycles. The van der Waals surface area contributed by atoms with Crippen molar-refractivity contribution in [2.45, 2.75) is 46.6 Å². The molecular formula is C16H25NO. The standard InChI is InChI=1S/C16H25NO/c1-7-15(2,3)14(18)17(6)16(4,5)13-11-9-8-10-12-13/h8-12H,7H2,1-6H3. The molecule has 1 amide bonds. The van der Waals surface area contributed by atoms with Crippen LogP contribution in [0, 0.1) is 5.41 Å². The molecular weight excluding hydrogens is 222 g/mol. The fourth-order valence-electron chi connectivity index (χ4n) is 1.90. The molecule has 0 aliphatic rings. The average molecular weight is 247 g/mol. The molecule has 0 heterocycles. The molecule has 0 spiro atoms. The molecule has 0 fully saturated rings. The highest BCUT2D eigenvalue weighted by Gasteiger charge is 2.36. The molecule has 1 rings (SSSR count). The monoisotopic (exact) mass is 247 g/mol. The van der Waals surface area contributed by atoms with Crippen molar-refractivity contribution < 1.29 is 4.79 Å². The molecule has 2 heteroatoms. The summed E-state index contributed by atoms with van der Waals surface area (Å²) in [6.07, 6.45) is 0.848. The zero-order chi connectivity index (χ0) is 14.0. The maximum absolute atomic E-state index is 12.5. The van der Waals surface area contributed by atoms with E-state index in [2.05, 4.69) is 32.9 Å². The van der Waals surface area contributed by atoms with Crippen LogP contribution in [0.2, 0.25) is 0 Å². The number of rotatable bonds is 4. The Morgan fingerprint density at radius 2 is 1.61 bits per heavy atom. The Kier molecular flexibility index (Phi) is 4.20. The van der Waals surface area contributed by atoms with Gasteiger partial charge < -0.3 is 4.90 Å². The van der Waals surface area contributed by atoms with Crippen molar-refractivity contribution >= 4 is 5.91 Å².